The van der Waals surface area contributed by atoms with Crippen molar-refractivity contribution in [3.63, 3.8) is 0 Å². The summed E-state index contributed by atoms with van der Waals surface area (Å²) >= 11 is 0. The summed E-state index contributed by atoms with van der Waals surface area (Å²) in [5.41, 5.74) is 8.89. The molecular formula is C23H26FN7O. The lowest BCUT2D eigenvalue weighted by molar-refractivity contribution is -0.116. The average Bonchev–Trinajstić information content (AvgIpc) is 3.31. The monoisotopic (exact) mass is 435 g/mol. The highest BCUT2D eigenvalue weighted by atomic mass is 19.1. The fourth-order valence-corrected chi connectivity index (χ4v) is 3.61. The number of halogens is 1. The zero-order valence-electron chi connectivity index (χ0n) is 17.7. The van der Waals surface area contributed by atoms with E-state index in [2.05, 4.69) is 25.2 Å². The van der Waals surface area contributed by atoms with Gasteiger partial charge in [0.05, 0.1) is 6.54 Å². The Bertz CT molecular complexity index is 1060. The normalized spacial score (nSPS) is 14.5. The van der Waals surface area contributed by atoms with Crippen molar-refractivity contribution in [2.24, 2.45) is 10.7 Å². The Labute approximate surface area is 186 Å². The first-order valence-corrected chi connectivity index (χ1v) is 10.5. The molecule has 3 aromatic rings. The van der Waals surface area contributed by atoms with Gasteiger partial charge in [0.15, 0.2) is 5.96 Å². The SMILES string of the molecule is NC(=NCc1cccc(NC(=O)Cn2cccn2)c1)N1CCN(c2ccc(F)cc2)CC1. The molecule has 2 heterocycles. The van der Waals surface area contributed by atoms with E-state index in [1.807, 2.05) is 24.3 Å². The van der Waals surface area contributed by atoms with Crippen LogP contribution in [0.25, 0.3) is 0 Å². The lowest BCUT2D eigenvalue weighted by atomic mass is 10.2. The number of piperazine rings is 1. The molecule has 0 aliphatic carbocycles. The van der Waals surface area contributed by atoms with E-state index in [0.717, 1.165) is 37.4 Å². The highest BCUT2D eigenvalue weighted by Gasteiger charge is 2.18. The largest absolute Gasteiger partial charge is 0.370 e. The Morgan fingerprint density at radius 1 is 1.09 bits per heavy atom. The van der Waals surface area contributed by atoms with Crippen molar-refractivity contribution >= 4 is 23.2 Å². The smallest absolute Gasteiger partial charge is 0.246 e. The molecule has 32 heavy (non-hydrogen) atoms. The van der Waals surface area contributed by atoms with Crippen molar-refractivity contribution in [3.05, 3.63) is 78.4 Å². The number of aliphatic imine (C=N–C) groups is 1. The van der Waals surface area contributed by atoms with Gasteiger partial charge in [-0.1, -0.05) is 12.1 Å². The predicted molar refractivity (Wildman–Crippen MR) is 123 cm³/mol. The molecule has 0 saturated carbocycles. The number of hydrogen-bond acceptors (Lipinski definition) is 4. The fourth-order valence-electron chi connectivity index (χ4n) is 3.61. The molecule has 9 heteroatoms. The van der Waals surface area contributed by atoms with Gasteiger partial charge in [0.25, 0.3) is 0 Å². The van der Waals surface area contributed by atoms with E-state index in [0.29, 0.717) is 18.2 Å². The number of guanidine groups is 1. The standard InChI is InChI=1S/C23H26FN7O/c24-19-5-7-21(8-6-19)29-11-13-30(14-12-29)23(25)26-16-18-3-1-4-20(15-18)28-22(32)17-31-10-2-9-27-31/h1-10,15H,11-14,16-17H2,(H2,25,26)(H,28,32). The third-order valence-electron chi connectivity index (χ3n) is 5.29. The molecule has 1 aromatic heterocycles. The average molecular weight is 436 g/mol. The lowest BCUT2D eigenvalue weighted by Gasteiger charge is -2.36. The van der Waals surface area contributed by atoms with Gasteiger partial charge in [-0.25, -0.2) is 9.38 Å². The van der Waals surface area contributed by atoms with Crippen LogP contribution in [0.3, 0.4) is 0 Å². The maximum Gasteiger partial charge on any atom is 0.246 e. The van der Waals surface area contributed by atoms with Gasteiger partial charge in [-0.3, -0.25) is 9.48 Å². The van der Waals surface area contributed by atoms with Crippen molar-refractivity contribution in [3.8, 4) is 0 Å². The second kappa shape index (κ2) is 9.95. The highest BCUT2D eigenvalue weighted by molar-refractivity contribution is 5.90. The molecule has 0 atom stereocenters. The van der Waals surface area contributed by atoms with Crippen LogP contribution >= 0.6 is 0 Å². The number of nitrogens with zero attached hydrogens (tertiary/aromatic N) is 5. The molecule has 1 aliphatic rings. The molecule has 0 unspecified atom stereocenters. The van der Waals surface area contributed by atoms with Gasteiger partial charge in [0.2, 0.25) is 5.91 Å². The van der Waals surface area contributed by atoms with Gasteiger partial charge >= 0.3 is 0 Å². The van der Waals surface area contributed by atoms with Crippen LogP contribution in [0.15, 0.2) is 72.0 Å². The molecule has 2 aromatic carbocycles. The van der Waals surface area contributed by atoms with Crippen molar-refractivity contribution < 1.29 is 9.18 Å². The molecule has 0 bridgehead atoms. The number of nitrogens with two attached hydrogens (primary N) is 1. The molecule has 166 valence electrons. The first-order chi connectivity index (χ1) is 15.6. The molecule has 4 rings (SSSR count). The summed E-state index contributed by atoms with van der Waals surface area (Å²) in [5.74, 6) is 0.120. The number of aromatic nitrogens is 2. The van der Waals surface area contributed by atoms with Crippen LogP contribution < -0.4 is 16.0 Å². The van der Waals surface area contributed by atoms with Crippen LogP contribution in [0.2, 0.25) is 0 Å². The van der Waals surface area contributed by atoms with Gasteiger partial charge in [0.1, 0.15) is 12.4 Å². The Morgan fingerprint density at radius 3 is 2.59 bits per heavy atom. The van der Waals surface area contributed by atoms with Crippen molar-refractivity contribution in [1.82, 2.24) is 14.7 Å². The van der Waals surface area contributed by atoms with Crippen LogP contribution in [-0.2, 0) is 17.9 Å². The zero-order valence-corrected chi connectivity index (χ0v) is 17.7. The highest BCUT2D eigenvalue weighted by Crippen LogP contribution is 2.17. The predicted octanol–water partition coefficient (Wildman–Crippen LogP) is 2.30. The van der Waals surface area contributed by atoms with Gasteiger partial charge in [-0.05, 0) is 48.0 Å². The minimum Gasteiger partial charge on any atom is -0.370 e. The summed E-state index contributed by atoms with van der Waals surface area (Å²) in [6.45, 7) is 3.66. The number of carbonyl (C=O) groups is 1. The maximum atomic E-state index is 13.1. The van der Waals surface area contributed by atoms with E-state index in [-0.39, 0.29) is 18.3 Å². The molecule has 3 N–H and O–H groups in total. The summed E-state index contributed by atoms with van der Waals surface area (Å²) in [6, 6.07) is 15.9. The third kappa shape index (κ3) is 5.63. The summed E-state index contributed by atoms with van der Waals surface area (Å²) < 4.78 is 14.7. The van der Waals surface area contributed by atoms with Crippen LogP contribution in [0, 0.1) is 5.82 Å². The molecule has 1 aliphatic heterocycles. The third-order valence-corrected chi connectivity index (χ3v) is 5.29. The van der Waals surface area contributed by atoms with E-state index >= 15 is 0 Å². The first kappa shape index (κ1) is 21.4. The number of rotatable bonds is 6. The van der Waals surface area contributed by atoms with Crippen LogP contribution in [0.5, 0.6) is 0 Å². The topological polar surface area (TPSA) is 91.8 Å². The quantitative estimate of drug-likeness (QED) is 0.458. The van der Waals surface area contributed by atoms with Gasteiger partial charge in [-0.2, -0.15) is 5.10 Å². The van der Waals surface area contributed by atoms with Gasteiger partial charge in [-0.15, -0.1) is 0 Å². The second-order valence-corrected chi connectivity index (χ2v) is 7.58. The van der Waals surface area contributed by atoms with E-state index in [9.17, 15) is 9.18 Å². The second-order valence-electron chi connectivity index (χ2n) is 7.58. The Hall–Kier alpha value is -3.88. The number of hydrogen-bond donors (Lipinski definition) is 2. The summed E-state index contributed by atoms with van der Waals surface area (Å²) in [5, 5.41) is 6.91. The van der Waals surface area contributed by atoms with Gasteiger partial charge in [0, 0.05) is 49.9 Å². The number of nitrogens with one attached hydrogen (secondary N) is 1. The zero-order chi connectivity index (χ0) is 22.3. The first-order valence-electron chi connectivity index (χ1n) is 10.5. The van der Waals surface area contributed by atoms with E-state index in [4.69, 9.17) is 5.73 Å². The van der Waals surface area contributed by atoms with E-state index in [1.165, 1.54) is 12.1 Å². The van der Waals surface area contributed by atoms with Gasteiger partial charge < -0.3 is 20.9 Å². The Morgan fingerprint density at radius 2 is 1.88 bits per heavy atom. The Kier molecular flexibility index (Phi) is 6.64. The minimum absolute atomic E-state index is 0.145. The number of carbonyl (C=O) groups excluding carboxylic acids is 1. The van der Waals surface area contributed by atoms with Crippen LogP contribution in [-0.4, -0.2) is 52.7 Å². The van der Waals surface area contributed by atoms with Crippen molar-refractivity contribution in [2.45, 2.75) is 13.1 Å². The maximum absolute atomic E-state index is 13.1. The number of amides is 1. The lowest BCUT2D eigenvalue weighted by Crippen LogP contribution is -2.51. The van der Waals surface area contributed by atoms with E-state index in [1.54, 1.807) is 35.3 Å². The molecular weight excluding hydrogens is 409 g/mol. The summed E-state index contributed by atoms with van der Waals surface area (Å²) in [6.07, 6.45) is 3.38. The molecule has 0 spiro atoms. The molecule has 1 amide bonds. The van der Waals surface area contributed by atoms with E-state index < -0.39 is 0 Å². The summed E-state index contributed by atoms with van der Waals surface area (Å²) in [4.78, 5) is 21.0. The van der Waals surface area contributed by atoms with Crippen molar-refractivity contribution in [1.29, 1.82) is 0 Å². The minimum atomic E-state index is -0.231. The van der Waals surface area contributed by atoms with Crippen LogP contribution in [0.1, 0.15) is 5.56 Å². The number of anilines is 2. The fraction of sp³-hybridized carbons (Fsp3) is 0.261. The molecule has 0 radical (unpaired) electrons. The van der Waals surface area contributed by atoms with Crippen molar-refractivity contribution in [2.75, 3.05) is 36.4 Å². The Balaban J connectivity index is 1.29. The summed E-state index contributed by atoms with van der Waals surface area (Å²) in [7, 11) is 0. The molecule has 1 saturated heterocycles. The molecule has 1 fully saturated rings. The molecule has 8 nitrogen and oxygen atoms in total. The number of benzene rings is 2. The van der Waals surface area contributed by atoms with Crippen LogP contribution in [0.4, 0.5) is 15.8 Å².